The zero-order valence-electron chi connectivity index (χ0n) is 9.48. The largest absolute Gasteiger partial charge is 0.484 e. The Bertz CT molecular complexity index is 578. The molecule has 0 fully saturated rings. The molecule has 0 saturated heterocycles. The van der Waals surface area contributed by atoms with Gasteiger partial charge < -0.3 is 9.15 Å². The van der Waals surface area contributed by atoms with Crippen molar-refractivity contribution >= 4 is 6.29 Å². The summed E-state index contributed by atoms with van der Waals surface area (Å²) in [4.78, 5) is 14.1. The molecule has 7 heteroatoms. The highest BCUT2D eigenvalue weighted by Gasteiger charge is 2.30. The third-order valence-corrected chi connectivity index (χ3v) is 2.21. The van der Waals surface area contributed by atoms with Crippen molar-refractivity contribution in [2.75, 3.05) is 0 Å². The fourth-order valence-electron chi connectivity index (χ4n) is 1.35. The van der Waals surface area contributed by atoms with Crippen molar-refractivity contribution in [2.24, 2.45) is 0 Å². The summed E-state index contributed by atoms with van der Waals surface area (Å²) in [7, 11) is 0. The predicted octanol–water partition coefficient (Wildman–Crippen LogP) is 3.08. The molecule has 1 aromatic carbocycles. The van der Waals surface area contributed by atoms with E-state index in [1.807, 2.05) is 0 Å². The van der Waals surface area contributed by atoms with Gasteiger partial charge in [0.1, 0.15) is 17.7 Å². The van der Waals surface area contributed by atoms with Crippen LogP contribution in [0.2, 0.25) is 0 Å². The number of aldehydes is 1. The zero-order chi connectivity index (χ0) is 13.9. The minimum Gasteiger partial charge on any atom is -0.484 e. The summed E-state index contributed by atoms with van der Waals surface area (Å²) in [6, 6.07) is 4.45. The highest BCUT2D eigenvalue weighted by molar-refractivity contribution is 5.70. The van der Waals surface area contributed by atoms with Crippen LogP contribution in [0.5, 0.6) is 5.75 Å². The molecule has 100 valence electrons. The molecule has 1 aromatic heterocycles. The Morgan fingerprint density at radius 2 is 2.16 bits per heavy atom. The summed E-state index contributed by atoms with van der Waals surface area (Å²) in [5.74, 6) is 0.153. The third-order valence-electron chi connectivity index (χ3n) is 2.21. The van der Waals surface area contributed by atoms with Crippen molar-refractivity contribution in [1.29, 1.82) is 0 Å². The van der Waals surface area contributed by atoms with Gasteiger partial charge in [0.15, 0.2) is 12.9 Å². The minimum absolute atomic E-state index is 0.0423. The second-order valence-corrected chi connectivity index (χ2v) is 3.60. The summed E-state index contributed by atoms with van der Waals surface area (Å²) in [5, 5.41) is 0. The molecule has 2 rings (SSSR count). The summed E-state index contributed by atoms with van der Waals surface area (Å²) >= 11 is 0. The van der Waals surface area contributed by atoms with Gasteiger partial charge in [0.2, 0.25) is 5.89 Å². The lowest BCUT2D eigenvalue weighted by Gasteiger charge is -2.08. The van der Waals surface area contributed by atoms with E-state index in [2.05, 4.69) is 4.98 Å². The van der Waals surface area contributed by atoms with E-state index in [0.29, 0.717) is 6.29 Å². The van der Waals surface area contributed by atoms with E-state index < -0.39 is 11.7 Å². The van der Waals surface area contributed by atoms with Gasteiger partial charge in [-0.25, -0.2) is 4.98 Å². The van der Waals surface area contributed by atoms with Gasteiger partial charge in [-0.2, -0.15) is 13.2 Å². The van der Waals surface area contributed by atoms with Gasteiger partial charge in [0.25, 0.3) is 0 Å². The lowest BCUT2D eigenvalue weighted by Crippen LogP contribution is -2.05. The average Bonchev–Trinajstić information content (AvgIpc) is 2.84. The molecular formula is C12H8F3NO3. The van der Waals surface area contributed by atoms with Gasteiger partial charge in [0, 0.05) is 0 Å². The van der Waals surface area contributed by atoms with E-state index in [1.54, 1.807) is 0 Å². The number of hydrogen-bond donors (Lipinski definition) is 0. The summed E-state index contributed by atoms with van der Waals surface area (Å²) in [5.41, 5.74) is -0.700. The van der Waals surface area contributed by atoms with E-state index in [4.69, 9.17) is 9.15 Å². The number of nitrogens with zero attached hydrogens (tertiary/aromatic N) is 1. The number of ether oxygens (including phenoxy) is 1. The van der Waals surface area contributed by atoms with Gasteiger partial charge in [0.05, 0.1) is 5.56 Å². The second-order valence-electron chi connectivity index (χ2n) is 3.60. The molecule has 19 heavy (non-hydrogen) atoms. The Balaban J connectivity index is 2.05. The van der Waals surface area contributed by atoms with Crippen LogP contribution < -0.4 is 4.74 Å². The molecule has 0 N–H and O–H groups in total. The van der Waals surface area contributed by atoms with Crippen LogP contribution in [0.1, 0.15) is 21.9 Å². The first kappa shape index (κ1) is 13.1. The van der Waals surface area contributed by atoms with Gasteiger partial charge >= 0.3 is 6.18 Å². The smallest absolute Gasteiger partial charge is 0.416 e. The lowest BCUT2D eigenvalue weighted by atomic mass is 10.2. The maximum absolute atomic E-state index is 12.5. The van der Waals surface area contributed by atoms with Crippen molar-refractivity contribution in [3.05, 3.63) is 47.7 Å². The molecule has 0 amide bonds. The van der Waals surface area contributed by atoms with E-state index in [9.17, 15) is 18.0 Å². The summed E-state index contributed by atoms with van der Waals surface area (Å²) < 4.78 is 47.4. The van der Waals surface area contributed by atoms with Crippen LogP contribution in [-0.2, 0) is 12.8 Å². The van der Waals surface area contributed by atoms with E-state index >= 15 is 0 Å². The first-order valence-electron chi connectivity index (χ1n) is 5.18. The summed E-state index contributed by atoms with van der Waals surface area (Å²) in [6.07, 6.45) is -2.79. The Kier molecular flexibility index (Phi) is 3.55. The standard InChI is InChI=1S/C12H8F3NO3/c13-12(14,15)8-2-1-3-10(4-8)18-7-11-16-9(5-17)6-19-11/h1-6H,7H2. The molecule has 4 nitrogen and oxygen atoms in total. The fraction of sp³-hybridized carbons (Fsp3) is 0.167. The van der Waals surface area contributed by atoms with E-state index in [-0.39, 0.29) is 23.9 Å². The number of carbonyl (C=O) groups excluding carboxylic acids is 1. The van der Waals surface area contributed by atoms with Gasteiger partial charge in [-0.05, 0) is 18.2 Å². The number of benzene rings is 1. The number of alkyl halides is 3. The summed E-state index contributed by atoms with van der Waals surface area (Å²) in [6.45, 7) is -0.158. The van der Waals surface area contributed by atoms with Crippen LogP contribution in [0.3, 0.4) is 0 Å². The first-order chi connectivity index (χ1) is 8.99. The second kappa shape index (κ2) is 5.13. The molecular weight excluding hydrogens is 263 g/mol. The molecule has 0 atom stereocenters. The molecule has 0 bridgehead atoms. The predicted molar refractivity (Wildman–Crippen MR) is 57.7 cm³/mol. The molecule has 1 heterocycles. The third kappa shape index (κ3) is 3.34. The van der Waals surface area contributed by atoms with Crippen molar-refractivity contribution in [2.45, 2.75) is 12.8 Å². The first-order valence-corrected chi connectivity index (χ1v) is 5.18. The van der Waals surface area contributed by atoms with Crippen molar-refractivity contribution in [1.82, 2.24) is 4.98 Å². The van der Waals surface area contributed by atoms with Crippen LogP contribution in [-0.4, -0.2) is 11.3 Å². The Hall–Kier alpha value is -2.31. The molecule has 0 saturated carbocycles. The van der Waals surface area contributed by atoms with Gasteiger partial charge in [-0.1, -0.05) is 6.07 Å². The lowest BCUT2D eigenvalue weighted by molar-refractivity contribution is -0.137. The average molecular weight is 271 g/mol. The maximum atomic E-state index is 12.5. The Labute approximate surface area is 105 Å². The Morgan fingerprint density at radius 1 is 1.37 bits per heavy atom. The van der Waals surface area contributed by atoms with Crippen molar-refractivity contribution in [3.8, 4) is 5.75 Å². The van der Waals surface area contributed by atoms with Gasteiger partial charge in [-0.3, -0.25) is 4.79 Å². The number of oxazole rings is 1. The van der Waals surface area contributed by atoms with E-state index in [1.165, 1.54) is 12.1 Å². The highest BCUT2D eigenvalue weighted by Crippen LogP contribution is 2.31. The fourth-order valence-corrected chi connectivity index (χ4v) is 1.35. The molecule has 0 aliphatic carbocycles. The molecule has 0 spiro atoms. The number of rotatable bonds is 4. The van der Waals surface area contributed by atoms with Gasteiger partial charge in [-0.15, -0.1) is 0 Å². The van der Waals surface area contributed by atoms with Crippen LogP contribution in [0.25, 0.3) is 0 Å². The van der Waals surface area contributed by atoms with E-state index in [0.717, 1.165) is 18.4 Å². The van der Waals surface area contributed by atoms with Crippen LogP contribution >= 0.6 is 0 Å². The molecule has 2 aromatic rings. The highest BCUT2D eigenvalue weighted by atomic mass is 19.4. The van der Waals surface area contributed by atoms with Crippen LogP contribution in [0.4, 0.5) is 13.2 Å². The SMILES string of the molecule is O=Cc1coc(COc2cccc(C(F)(F)F)c2)n1. The number of aromatic nitrogens is 1. The molecule has 0 aliphatic heterocycles. The normalized spacial score (nSPS) is 11.3. The topological polar surface area (TPSA) is 52.3 Å². The number of carbonyl (C=O) groups is 1. The number of hydrogen-bond acceptors (Lipinski definition) is 4. The van der Waals surface area contributed by atoms with Crippen LogP contribution in [0, 0.1) is 0 Å². The zero-order valence-corrected chi connectivity index (χ0v) is 9.48. The number of halogens is 3. The van der Waals surface area contributed by atoms with Crippen molar-refractivity contribution in [3.63, 3.8) is 0 Å². The van der Waals surface area contributed by atoms with Crippen LogP contribution in [0.15, 0.2) is 34.9 Å². The molecule has 0 radical (unpaired) electrons. The maximum Gasteiger partial charge on any atom is 0.416 e. The quantitative estimate of drug-likeness (QED) is 0.802. The monoisotopic (exact) mass is 271 g/mol. The molecule has 0 unspecified atom stereocenters. The minimum atomic E-state index is -4.42. The Morgan fingerprint density at radius 3 is 2.79 bits per heavy atom. The van der Waals surface area contributed by atoms with Crippen molar-refractivity contribution < 1.29 is 27.1 Å². The molecule has 0 aliphatic rings.